The quantitative estimate of drug-likeness (QED) is 0.437. The molecule has 1 unspecified atom stereocenters. The molecule has 4 heteroatoms. The van der Waals surface area contributed by atoms with Crippen LogP contribution in [0, 0.1) is 13.8 Å². The van der Waals surface area contributed by atoms with Crippen molar-refractivity contribution in [2.45, 2.75) is 26.9 Å². The molecule has 28 heavy (non-hydrogen) atoms. The third kappa shape index (κ3) is 5.65. The van der Waals surface area contributed by atoms with Gasteiger partial charge in [-0.1, -0.05) is 68.7 Å². The van der Waals surface area contributed by atoms with E-state index in [9.17, 15) is 0 Å². The highest BCUT2D eigenvalue weighted by Crippen LogP contribution is 2.24. The highest BCUT2D eigenvalue weighted by Gasteiger charge is 2.11. The van der Waals surface area contributed by atoms with Gasteiger partial charge in [0.2, 0.25) is 0 Å². The number of aryl methyl sites for hydroxylation is 2. The molecule has 1 N–H and O–H groups in total. The van der Waals surface area contributed by atoms with Gasteiger partial charge in [0.1, 0.15) is 5.75 Å². The van der Waals surface area contributed by atoms with Gasteiger partial charge in [-0.25, -0.2) is 0 Å². The number of hydrogen-bond acceptors (Lipinski definition) is 3. The lowest BCUT2D eigenvalue weighted by molar-refractivity contribution is 0.0519. The first kappa shape index (κ1) is 20.5. The molecule has 0 spiro atoms. The van der Waals surface area contributed by atoms with Crippen molar-refractivity contribution in [3.05, 3.63) is 89.0 Å². The maximum Gasteiger partial charge on any atom is 0.188 e. The fourth-order valence-electron chi connectivity index (χ4n) is 3.12. The van der Waals surface area contributed by atoms with Crippen LogP contribution in [-0.2, 0) is 17.8 Å². The third-order valence-corrected chi connectivity index (χ3v) is 6.20. The summed E-state index contributed by atoms with van der Waals surface area (Å²) in [5.74, 6) is 0.900. The normalized spacial score (nSPS) is 11.2. The monoisotopic (exact) mass is 393 g/mol. The molecule has 0 saturated carbocycles. The Morgan fingerprint density at radius 1 is 0.893 bits per heavy atom. The summed E-state index contributed by atoms with van der Waals surface area (Å²) in [6.07, 6.45) is 0. The van der Waals surface area contributed by atoms with E-state index in [4.69, 9.17) is 9.47 Å². The zero-order valence-corrected chi connectivity index (χ0v) is 17.8. The Labute approximate surface area is 169 Å². The van der Waals surface area contributed by atoms with Crippen LogP contribution >= 0.6 is 8.58 Å². The third-order valence-electron chi connectivity index (χ3n) is 4.57. The van der Waals surface area contributed by atoms with Gasteiger partial charge in [-0.3, -0.25) is 0 Å². The number of benzene rings is 3. The van der Waals surface area contributed by atoms with Crippen LogP contribution < -0.4 is 20.7 Å². The van der Waals surface area contributed by atoms with Crippen molar-refractivity contribution in [1.29, 1.82) is 0 Å². The number of methoxy groups -OCH3 is 1. The van der Waals surface area contributed by atoms with E-state index in [0.29, 0.717) is 8.58 Å². The lowest BCUT2D eigenvalue weighted by Crippen LogP contribution is -2.20. The maximum atomic E-state index is 5.80. The van der Waals surface area contributed by atoms with Crippen molar-refractivity contribution in [1.82, 2.24) is 5.32 Å². The van der Waals surface area contributed by atoms with Gasteiger partial charge in [-0.2, -0.15) is 0 Å². The largest absolute Gasteiger partial charge is 0.467 e. The Balaban J connectivity index is 1.78. The van der Waals surface area contributed by atoms with Crippen molar-refractivity contribution < 1.29 is 9.47 Å². The summed E-state index contributed by atoms with van der Waals surface area (Å²) in [7, 11) is 2.18. The Kier molecular flexibility index (Phi) is 7.62. The van der Waals surface area contributed by atoms with E-state index >= 15 is 0 Å². The molecule has 0 radical (unpaired) electrons. The minimum absolute atomic E-state index is 0.264. The first-order chi connectivity index (χ1) is 13.7. The Hall–Kier alpha value is -2.19. The molecule has 0 amide bonds. The molecule has 0 fully saturated rings. The molecular formula is C24H28NO2P. The van der Waals surface area contributed by atoms with Gasteiger partial charge in [-0.15, -0.1) is 0 Å². The van der Waals surface area contributed by atoms with E-state index in [2.05, 4.69) is 73.8 Å². The number of hydrogen-bond donors (Lipinski definition) is 1. The molecule has 0 aliphatic heterocycles. The molecule has 0 aliphatic carbocycles. The second-order valence-electron chi connectivity index (χ2n) is 6.87. The van der Waals surface area contributed by atoms with Gasteiger partial charge >= 0.3 is 0 Å². The lowest BCUT2D eigenvalue weighted by atomic mass is 10.1. The van der Waals surface area contributed by atoms with Gasteiger partial charge in [0.15, 0.2) is 6.79 Å². The average molecular weight is 393 g/mol. The topological polar surface area (TPSA) is 30.5 Å². The van der Waals surface area contributed by atoms with Crippen molar-refractivity contribution in [2.75, 3.05) is 13.9 Å². The maximum absolute atomic E-state index is 5.80. The van der Waals surface area contributed by atoms with Crippen LogP contribution in [0.25, 0.3) is 0 Å². The van der Waals surface area contributed by atoms with Crippen LogP contribution in [-0.4, -0.2) is 13.9 Å². The van der Waals surface area contributed by atoms with Gasteiger partial charge in [0.25, 0.3) is 0 Å². The second-order valence-corrected chi connectivity index (χ2v) is 8.16. The van der Waals surface area contributed by atoms with Crippen LogP contribution in [0.5, 0.6) is 5.75 Å². The van der Waals surface area contributed by atoms with Crippen molar-refractivity contribution in [2.24, 2.45) is 0 Å². The Morgan fingerprint density at radius 2 is 1.71 bits per heavy atom. The van der Waals surface area contributed by atoms with Crippen LogP contribution in [0.2, 0.25) is 0 Å². The van der Waals surface area contributed by atoms with Crippen molar-refractivity contribution in [3.8, 4) is 5.75 Å². The molecule has 3 aromatic rings. The minimum Gasteiger partial charge on any atom is -0.467 e. The number of nitrogens with one attached hydrogen (secondary N) is 1. The van der Waals surface area contributed by atoms with Gasteiger partial charge in [-0.05, 0) is 48.0 Å². The number of rotatable bonds is 9. The Morgan fingerprint density at radius 3 is 2.50 bits per heavy atom. The van der Waals surface area contributed by atoms with Crippen LogP contribution in [0.15, 0.2) is 66.7 Å². The molecule has 3 rings (SSSR count). The van der Waals surface area contributed by atoms with Crippen LogP contribution in [0.3, 0.4) is 0 Å². The zero-order valence-electron chi connectivity index (χ0n) is 16.8. The standard InChI is InChI=1S/C24H28NO2P/c1-18-12-13-22(27-17-26-3)23(14-18)28-24-19(2)8-7-11-21(24)16-25-15-20-9-5-4-6-10-20/h4-14,25,28H,15-17H2,1-3H3. The molecule has 0 bridgehead atoms. The molecule has 146 valence electrons. The van der Waals surface area contributed by atoms with Crippen molar-refractivity contribution >= 4 is 19.2 Å². The minimum atomic E-state index is 0.264. The second kappa shape index (κ2) is 10.4. The van der Waals surface area contributed by atoms with E-state index in [1.165, 1.54) is 32.9 Å². The molecule has 0 aromatic heterocycles. The predicted octanol–water partition coefficient (Wildman–Crippen LogP) is 4.21. The first-order valence-electron chi connectivity index (χ1n) is 9.50. The van der Waals surface area contributed by atoms with E-state index < -0.39 is 0 Å². The summed E-state index contributed by atoms with van der Waals surface area (Å²) < 4.78 is 10.9. The highest BCUT2D eigenvalue weighted by atomic mass is 31.1. The summed E-state index contributed by atoms with van der Waals surface area (Å²) >= 11 is 0. The lowest BCUT2D eigenvalue weighted by Gasteiger charge is -2.17. The average Bonchev–Trinajstić information content (AvgIpc) is 2.70. The predicted molar refractivity (Wildman–Crippen MR) is 119 cm³/mol. The van der Waals surface area contributed by atoms with Gasteiger partial charge < -0.3 is 14.8 Å². The number of ether oxygens (including phenoxy) is 2. The molecule has 0 saturated heterocycles. The van der Waals surface area contributed by atoms with E-state index in [1.54, 1.807) is 7.11 Å². The summed E-state index contributed by atoms with van der Waals surface area (Å²) in [4.78, 5) is 0. The summed E-state index contributed by atoms with van der Waals surface area (Å²) in [6.45, 7) is 6.28. The molecule has 3 aromatic carbocycles. The highest BCUT2D eigenvalue weighted by molar-refractivity contribution is 7.56. The molecule has 1 atom stereocenters. The van der Waals surface area contributed by atoms with E-state index in [1.807, 2.05) is 12.1 Å². The summed E-state index contributed by atoms with van der Waals surface area (Å²) in [6, 6.07) is 23.4. The first-order valence-corrected chi connectivity index (χ1v) is 10.5. The zero-order chi connectivity index (χ0) is 19.8. The SMILES string of the molecule is COCOc1ccc(C)cc1Pc1c(C)cccc1CNCc1ccccc1. The van der Waals surface area contributed by atoms with Gasteiger partial charge in [0.05, 0.1) is 0 Å². The Bertz CT molecular complexity index is 896. The smallest absolute Gasteiger partial charge is 0.188 e. The fraction of sp³-hybridized carbons (Fsp3) is 0.250. The fourth-order valence-corrected chi connectivity index (χ4v) is 4.58. The van der Waals surface area contributed by atoms with Crippen molar-refractivity contribution in [3.63, 3.8) is 0 Å². The van der Waals surface area contributed by atoms with E-state index in [0.717, 1.165) is 18.8 Å². The molecule has 3 nitrogen and oxygen atoms in total. The van der Waals surface area contributed by atoms with E-state index in [-0.39, 0.29) is 6.79 Å². The van der Waals surface area contributed by atoms with Crippen LogP contribution in [0.4, 0.5) is 0 Å². The van der Waals surface area contributed by atoms with Crippen LogP contribution in [0.1, 0.15) is 22.3 Å². The summed E-state index contributed by atoms with van der Waals surface area (Å²) in [5.41, 5.74) is 5.20. The molecular weight excluding hydrogens is 365 g/mol. The van der Waals surface area contributed by atoms with Gasteiger partial charge in [0, 0.05) is 25.5 Å². The summed E-state index contributed by atoms with van der Waals surface area (Å²) in [5, 5.41) is 6.19. The molecule has 0 heterocycles. The molecule has 0 aliphatic rings.